The zero-order chi connectivity index (χ0) is 14.5. The summed E-state index contributed by atoms with van der Waals surface area (Å²) < 4.78 is 1.87. The first kappa shape index (κ1) is 14.7. The van der Waals surface area contributed by atoms with Gasteiger partial charge >= 0.3 is 0 Å². The lowest BCUT2D eigenvalue weighted by Crippen LogP contribution is -2.23. The van der Waals surface area contributed by atoms with Crippen LogP contribution in [0.4, 0.5) is 0 Å². The van der Waals surface area contributed by atoms with Crippen molar-refractivity contribution in [1.29, 1.82) is 0 Å². The highest BCUT2D eigenvalue weighted by molar-refractivity contribution is 9.10. The molecule has 2 aromatic rings. The first-order chi connectivity index (χ1) is 9.61. The molecule has 104 valence electrons. The molecule has 1 aromatic heterocycles. The van der Waals surface area contributed by atoms with Crippen LogP contribution in [-0.4, -0.2) is 10.4 Å². The van der Waals surface area contributed by atoms with Crippen molar-refractivity contribution in [2.75, 3.05) is 0 Å². The number of rotatable bonds is 5. The van der Waals surface area contributed by atoms with E-state index >= 15 is 0 Å². The zero-order valence-corrected chi connectivity index (χ0v) is 12.9. The van der Waals surface area contributed by atoms with Gasteiger partial charge in [-0.25, -0.2) is 0 Å². The molecule has 0 saturated carbocycles. The largest absolute Gasteiger partial charge is 0.307 e. The molecule has 0 N–H and O–H groups in total. The summed E-state index contributed by atoms with van der Waals surface area (Å²) >= 11 is 3.17. The van der Waals surface area contributed by atoms with Crippen LogP contribution in [0.2, 0.25) is 0 Å². The molecule has 3 nitrogen and oxygen atoms in total. The van der Waals surface area contributed by atoms with Crippen molar-refractivity contribution in [3.8, 4) is 0 Å². The van der Waals surface area contributed by atoms with Crippen molar-refractivity contribution in [2.45, 2.75) is 26.3 Å². The average Bonchev–Trinajstić information content (AvgIpc) is 2.45. The molecule has 0 amide bonds. The maximum absolute atomic E-state index is 12.2. The van der Waals surface area contributed by atoms with Crippen LogP contribution in [0.25, 0.3) is 0 Å². The molecule has 0 unspecified atom stereocenters. The van der Waals surface area contributed by atoms with Gasteiger partial charge in [-0.15, -0.1) is 0 Å². The van der Waals surface area contributed by atoms with Gasteiger partial charge in [-0.05, 0) is 40.0 Å². The standard InChI is InChI=1S/C16H16BrNO2/c1-2-4-12-6-8-13(9-7-12)15(19)11-18-10-3-5-14(17)16(18)20/h3,5-10H,2,4,11H2,1H3. The molecule has 2 rings (SSSR count). The van der Waals surface area contributed by atoms with Crippen LogP contribution in [0.3, 0.4) is 0 Å². The molecule has 0 aliphatic carbocycles. The van der Waals surface area contributed by atoms with E-state index in [1.807, 2.05) is 24.3 Å². The zero-order valence-electron chi connectivity index (χ0n) is 11.3. The lowest BCUT2D eigenvalue weighted by atomic mass is 10.1. The third-order valence-electron chi connectivity index (χ3n) is 3.10. The second-order valence-electron chi connectivity index (χ2n) is 4.66. The predicted molar refractivity (Wildman–Crippen MR) is 83.2 cm³/mol. The number of Topliss-reactive ketones (excluding diaryl/α,β-unsaturated/α-hetero) is 1. The molecule has 0 aliphatic heterocycles. The van der Waals surface area contributed by atoms with Crippen LogP contribution in [0, 0.1) is 0 Å². The van der Waals surface area contributed by atoms with Crippen LogP contribution < -0.4 is 5.56 Å². The number of nitrogens with zero attached hydrogens (tertiary/aromatic N) is 1. The van der Waals surface area contributed by atoms with Crippen molar-refractivity contribution >= 4 is 21.7 Å². The minimum Gasteiger partial charge on any atom is -0.307 e. The summed E-state index contributed by atoms with van der Waals surface area (Å²) in [6.45, 7) is 2.18. The second-order valence-corrected chi connectivity index (χ2v) is 5.51. The van der Waals surface area contributed by atoms with E-state index in [2.05, 4.69) is 22.9 Å². The summed E-state index contributed by atoms with van der Waals surface area (Å²) in [6.07, 6.45) is 3.72. The molecule has 20 heavy (non-hydrogen) atoms. The number of benzene rings is 1. The highest BCUT2D eigenvalue weighted by Gasteiger charge is 2.08. The van der Waals surface area contributed by atoms with Crippen molar-refractivity contribution in [2.24, 2.45) is 0 Å². The Hall–Kier alpha value is -1.68. The summed E-state index contributed by atoms with van der Waals surface area (Å²) in [5, 5.41) is 0. The van der Waals surface area contributed by atoms with Crippen LogP contribution in [0.5, 0.6) is 0 Å². The number of carbonyl (C=O) groups is 1. The highest BCUT2D eigenvalue weighted by Crippen LogP contribution is 2.08. The van der Waals surface area contributed by atoms with Crippen molar-refractivity contribution in [1.82, 2.24) is 4.57 Å². The van der Waals surface area contributed by atoms with E-state index in [4.69, 9.17) is 0 Å². The Bertz CT molecular complexity index is 659. The number of ketones is 1. The Balaban J connectivity index is 2.15. The number of carbonyl (C=O) groups excluding carboxylic acids is 1. The van der Waals surface area contributed by atoms with Crippen molar-refractivity contribution < 1.29 is 4.79 Å². The number of hydrogen-bond donors (Lipinski definition) is 0. The van der Waals surface area contributed by atoms with Gasteiger partial charge in [-0.3, -0.25) is 9.59 Å². The molecular formula is C16H16BrNO2. The van der Waals surface area contributed by atoms with Gasteiger partial charge in [-0.2, -0.15) is 0 Å². The fraction of sp³-hybridized carbons (Fsp3) is 0.250. The molecule has 1 aromatic carbocycles. The Kier molecular flexibility index (Phi) is 4.90. The smallest absolute Gasteiger partial charge is 0.265 e. The van der Waals surface area contributed by atoms with Gasteiger partial charge in [0.05, 0.1) is 11.0 Å². The van der Waals surface area contributed by atoms with Gasteiger partial charge < -0.3 is 4.57 Å². The molecule has 0 saturated heterocycles. The maximum atomic E-state index is 12.2. The molecular weight excluding hydrogens is 318 g/mol. The third kappa shape index (κ3) is 3.45. The molecule has 0 fully saturated rings. The summed E-state index contributed by atoms with van der Waals surface area (Å²) in [5.41, 5.74) is 1.67. The van der Waals surface area contributed by atoms with Gasteiger partial charge in [0.25, 0.3) is 5.56 Å². The molecule has 0 atom stereocenters. The normalized spacial score (nSPS) is 10.5. The molecule has 0 bridgehead atoms. The predicted octanol–water partition coefficient (Wildman–Crippen LogP) is 3.45. The van der Waals surface area contributed by atoms with E-state index in [9.17, 15) is 9.59 Å². The fourth-order valence-electron chi connectivity index (χ4n) is 2.02. The molecule has 0 spiro atoms. The SMILES string of the molecule is CCCc1ccc(C(=O)Cn2cccc(Br)c2=O)cc1. The van der Waals surface area contributed by atoms with Crippen LogP contribution >= 0.6 is 15.9 Å². The topological polar surface area (TPSA) is 39.1 Å². The summed E-state index contributed by atoms with van der Waals surface area (Å²) in [6, 6.07) is 11.0. The molecule has 0 aliphatic rings. The average molecular weight is 334 g/mol. The van der Waals surface area contributed by atoms with Gasteiger partial charge in [0.1, 0.15) is 0 Å². The Morgan fingerprint density at radius 3 is 2.55 bits per heavy atom. The first-order valence-electron chi connectivity index (χ1n) is 6.59. The van der Waals surface area contributed by atoms with Gasteiger partial charge in [-0.1, -0.05) is 37.6 Å². The monoisotopic (exact) mass is 333 g/mol. The summed E-state index contributed by atoms with van der Waals surface area (Å²) in [5.74, 6) is -0.0618. The minimum atomic E-state index is -0.191. The highest BCUT2D eigenvalue weighted by atomic mass is 79.9. The summed E-state index contributed by atoms with van der Waals surface area (Å²) in [4.78, 5) is 24.0. The number of pyridine rings is 1. The molecule has 4 heteroatoms. The quantitative estimate of drug-likeness (QED) is 0.786. The van der Waals surface area contributed by atoms with E-state index in [0.29, 0.717) is 10.0 Å². The van der Waals surface area contributed by atoms with Crippen LogP contribution in [0.1, 0.15) is 29.3 Å². The second kappa shape index (κ2) is 6.66. The Morgan fingerprint density at radius 1 is 1.20 bits per heavy atom. The Labute approximate surface area is 126 Å². The van der Waals surface area contributed by atoms with Gasteiger partial charge in [0.15, 0.2) is 5.78 Å². The van der Waals surface area contributed by atoms with Gasteiger partial charge in [0, 0.05) is 11.8 Å². The number of aryl methyl sites for hydroxylation is 1. The Morgan fingerprint density at radius 2 is 1.90 bits per heavy atom. The van der Waals surface area contributed by atoms with E-state index < -0.39 is 0 Å². The lowest BCUT2D eigenvalue weighted by Gasteiger charge is -2.06. The number of halogens is 1. The van der Waals surface area contributed by atoms with E-state index in [0.717, 1.165) is 12.8 Å². The van der Waals surface area contributed by atoms with Gasteiger partial charge in [0.2, 0.25) is 0 Å². The molecule has 1 heterocycles. The first-order valence-corrected chi connectivity index (χ1v) is 7.38. The van der Waals surface area contributed by atoms with Crippen LogP contribution in [0.15, 0.2) is 51.9 Å². The minimum absolute atomic E-state index is 0.0609. The molecule has 0 radical (unpaired) electrons. The summed E-state index contributed by atoms with van der Waals surface area (Å²) in [7, 11) is 0. The lowest BCUT2D eigenvalue weighted by molar-refractivity contribution is 0.0971. The van der Waals surface area contributed by atoms with Crippen LogP contribution in [-0.2, 0) is 13.0 Å². The number of hydrogen-bond acceptors (Lipinski definition) is 2. The van der Waals surface area contributed by atoms with E-state index in [-0.39, 0.29) is 17.9 Å². The fourth-order valence-corrected chi connectivity index (χ4v) is 2.40. The third-order valence-corrected chi connectivity index (χ3v) is 3.71. The van der Waals surface area contributed by atoms with E-state index in [1.165, 1.54) is 10.1 Å². The van der Waals surface area contributed by atoms with E-state index in [1.54, 1.807) is 18.3 Å². The van der Waals surface area contributed by atoms with Crippen molar-refractivity contribution in [3.05, 3.63) is 68.5 Å². The van der Waals surface area contributed by atoms with Crippen molar-refractivity contribution in [3.63, 3.8) is 0 Å². The number of aromatic nitrogens is 1. The maximum Gasteiger partial charge on any atom is 0.265 e.